The highest BCUT2D eigenvalue weighted by atomic mass is 16.3. The summed E-state index contributed by atoms with van der Waals surface area (Å²) in [6.45, 7) is 9.58. The van der Waals surface area contributed by atoms with Crippen LogP contribution in [0.1, 0.15) is 26.7 Å². The van der Waals surface area contributed by atoms with E-state index >= 15 is 0 Å². The van der Waals surface area contributed by atoms with Crippen molar-refractivity contribution in [3.63, 3.8) is 0 Å². The molecule has 0 radical (unpaired) electrons. The van der Waals surface area contributed by atoms with E-state index in [9.17, 15) is 9.90 Å². The van der Waals surface area contributed by atoms with Crippen LogP contribution in [-0.4, -0.2) is 47.7 Å². The van der Waals surface area contributed by atoms with Gasteiger partial charge in [0.1, 0.15) is 0 Å². The summed E-state index contributed by atoms with van der Waals surface area (Å²) in [6.07, 6.45) is 3.49. The molecule has 3 unspecified atom stereocenters. The zero-order valence-corrected chi connectivity index (χ0v) is 10.9. The van der Waals surface area contributed by atoms with Gasteiger partial charge in [0.15, 0.2) is 0 Å². The standard InChI is InChI=1S/C13H24N2O2/c1-4-7-14-13(17)10(2)15-8-5-6-12(9-15)11(3)16/h4,10-12,16H,1,5-9H2,2-3H3,(H,14,17). The van der Waals surface area contributed by atoms with Crippen molar-refractivity contribution in [1.82, 2.24) is 10.2 Å². The zero-order valence-electron chi connectivity index (χ0n) is 10.9. The molecule has 17 heavy (non-hydrogen) atoms. The van der Waals surface area contributed by atoms with Gasteiger partial charge in [0, 0.05) is 13.1 Å². The number of carbonyl (C=O) groups is 1. The summed E-state index contributed by atoms with van der Waals surface area (Å²) < 4.78 is 0. The fourth-order valence-electron chi connectivity index (χ4n) is 2.27. The van der Waals surface area contributed by atoms with Gasteiger partial charge in [0.25, 0.3) is 0 Å². The molecule has 0 spiro atoms. The first-order valence-electron chi connectivity index (χ1n) is 6.37. The van der Waals surface area contributed by atoms with E-state index in [2.05, 4.69) is 16.8 Å². The maximum absolute atomic E-state index is 11.8. The highest BCUT2D eigenvalue weighted by molar-refractivity contribution is 5.81. The summed E-state index contributed by atoms with van der Waals surface area (Å²) in [5, 5.41) is 12.4. The molecule has 1 fully saturated rings. The molecule has 1 saturated heterocycles. The zero-order chi connectivity index (χ0) is 12.8. The Morgan fingerprint density at radius 1 is 1.65 bits per heavy atom. The van der Waals surface area contributed by atoms with E-state index in [4.69, 9.17) is 0 Å². The van der Waals surface area contributed by atoms with Crippen LogP contribution in [0, 0.1) is 5.92 Å². The summed E-state index contributed by atoms with van der Waals surface area (Å²) in [4.78, 5) is 14.0. The Bertz CT molecular complexity index is 266. The first-order valence-corrected chi connectivity index (χ1v) is 6.37. The van der Waals surface area contributed by atoms with Crippen molar-refractivity contribution < 1.29 is 9.90 Å². The first kappa shape index (κ1) is 14.2. The first-order chi connectivity index (χ1) is 8.06. The lowest BCUT2D eigenvalue weighted by atomic mass is 9.92. The van der Waals surface area contributed by atoms with Gasteiger partial charge in [0.2, 0.25) is 5.91 Å². The van der Waals surface area contributed by atoms with Gasteiger partial charge in [-0.25, -0.2) is 0 Å². The molecule has 1 aliphatic heterocycles. The van der Waals surface area contributed by atoms with Crippen molar-refractivity contribution in [3.8, 4) is 0 Å². The van der Waals surface area contributed by atoms with Crippen LogP contribution >= 0.6 is 0 Å². The van der Waals surface area contributed by atoms with Crippen molar-refractivity contribution in [3.05, 3.63) is 12.7 Å². The van der Waals surface area contributed by atoms with Crippen LogP contribution in [0.5, 0.6) is 0 Å². The molecule has 4 heteroatoms. The van der Waals surface area contributed by atoms with E-state index in [1.54, 1.807) is 6.08 Å². The number of aliphatic hydroxyl groups is 1. The summed E-state index contributed by atoms with van der Waals surface area (Å²) in [5.41, 5.74) is 0. The van der Waals surface area contributed by atoms with E-state index in [1.807, 2.05) is 13.8 Å². The van der Waals surface area contributed by atoms with Crippen molar-refractivity contribution in [2.45, 2.75) is 38.8 Å². The SMILES string of the molecule is C=CCNC(=O)C(C)N1CCCC(C(C)O)C1. The molecule has 1 amide bonds. The van der Waals surface area contributed by atoms with Gasteiger partial charge in [-0.3, -0.25) is 9.69 Å². The quantitative estimate of drug-likeness (QED) is 0.698. The van der Waals surface area contributed by atoms with Crippen LogP contribution in [0.4, 0.5) is 0 Å². The van der Waals surface area contributed by atoms with Crippen LogP contribution in [0.25, 0.3) is 0 Å². The van der Waals surface area contributed by atoms with Crippen LogP contribution in [-0.2, 0) is 4.79 Å². The third-order valence-corrected chi connectivity index (χ3v) is 3.52. The van der Waals surface area contributed by atoms with E-state index in [0.29, 0.717) is 12.5 Å². The van der Waals surface area contributed by atoms with Crippen molar-refractivity contribution in [2.75, 3.05) is 19.6 Å². The maximum atomic E-state index is 11.8. The summed E-state index contributed by atoms with van der Waals surface area (Å²) in [5.74, 6) is 0.328. The van der Waals surface area contributed by atoms with Crippen molar-refractivity contribution in [2.24, 2.45) is 5.92 Å². The molecule has 1 aliphatic rings. The minimum Gasteiger partial charge on any atom is -0.393 e. The highest BCUT2D eigenvalue weighted by Crippen LogP contribution is 2.21. The minimum atomic E-state index is -0.291. The molecule has 1 heterocycles. The second-order valence-corrected chi connectivity index (χ2v) is 4.85. The van der Waals surface area contributed by atoms with Crippen LogP contribution in [0.2, 0.25) is 0 Å². The highest BCUT2D eigenvalue weighted by Gasteiger charge is 2.28. The van der Waals surface area contributed by atoms with Gasteiger partial charge in [-0.2, -0.15) is 0 Å². The summed E-state index contributed by atoms with van der Waals surface area (Å²) >= 11 is 0. The Morgan fingerprint density at radius 2 is 2.35 bits per heavy atom. The molecule has 1 rings (SSSR count). The number of likely N-dealkylation sites (tertiary alicyclic amines) is 1. The molecule has 0 saturated carbocycles. The second kappa shape index (κ2) is 6.77. The van der Waals surface area contributed by atoms with Gasteiger partial charge in [-0.05, 0) is 39.2 Å². The fourth-order valence-corrected chi connectivity index (χ4v) is 2.27. The number of carbonyl (C=O) groups excluding carboxylic acids is 1. The Hall–Kier alpha value is -0.870. The van der Waals surface area contributed by atoms with E-state index < -0.39 is 0 Å². The molecular formula is C13H24N2O2. The third kappa shape index (κ3) is 4.13. The third-order valence-electron chi connectivity index (χ3n) is 3.52. The number of amides is 1. The van der Waals surface area contributed by atoms with Gasteiger partial charge in [0.05, 0.1) is 12.1 Å². The van der Waals surface area contributed by atoms with Gasteiger partial charge in [-0.15, -0.1) is 6.58 Å². The number of rotatable bonds is 5. The second-order valence-electron chi connectivity index (χ2n) is 4.85. The lowest BCUT2D eigenvalue weighted by Crippen LogP contribution is -2.50. The van der Waals surface area contributed by atoms with E-state index in [1.165, 1.54) is 0 Å². The fraction of sp³-hybridized carbons (Fsp3) is 0.769. The normalized spacial score (nSPS) is 25.0. The van der Waals surface area contributed by atoms with E-state index in [-0.39, 0.29) is 18.1 Å². The number of aliphatic hydroxyl groups excluding tert-OH is 1. The molecule has 2 N–H and O–H groups in total. The number of nitrogens with zero attached hydrogens (tertiary/aromatic N) is 1. The topological polar surface area (TPSA) is 52.6 Å². The summed E-state index contributed by atoms with van der Waals surface area (Å²) in [6, 6.07) is -0.128. The van der Waals surface area contributed by atoms with Gasteiger partial charge >= 0.3 is 0 Å². The van der Waals surface area contributed by atoms with E-state index in [0.717, 1.165) is 25.9 Å². The monoisotopic (exact) mass is 240 g/mol. The van der Waals surface area contributed by atoms with Crippen LogP contribution < -0.4 is 5.32 Å². The average Bonchev–Trinajstić information content (AvgIpc) is 2.35. The molecule has 0 bridgehead atoms. The molecule has 0 aromatic heterocycles. The predicted octanol–water partition coefficient (Wildman–Crippen LogP) is 0.770. The van der Waals surface area contributed by atoms with Crippen LogP contribution in [0.3, 0.4) is 0 Å². The number of hydrogen-bond acceptors (Lipinski definition) is 3. The number of nitrogens with one attached hydrogen (secondary N) is 1. The van der Waals surface area contributed by atoms with Gasteiger partial charge < -0.3 is 10.4 Å². The van der Waals surface area contributed by atoms with Gasteiger partial charge in [-0.1, -0.05) is 6.08 Å². The summed E-state index contributed by atoms with van der Waals surface area (Å²) in [7, 11) is 0. The Kier molecular flexibility index (Phi) is 5.65. The Balaban J connectivity index is 2.47. The Labute approximate surface area is 104 Å². The average molecular weight is 240 g/mol. The number of piperidine rings is 1. The van der Waals surface area contributed by atoms with Crippen molar-refractivity contribution in [1.29, 1.82) is 0 Å². The van der Waals surface area contributed by atoms with Crippen LogP contribution in [0.15, 0.2) is 12.7 Å². The molecule has 0 aliphatic carbocycles. The molecule has 4 nitrogen and oxygen atoms in total. The largest absolute Gasteiger partial charge is 0.393 e. The molecule has 3 atom stereocenters. The molecule has 98 valence electrons. The smallest absolute Gasteiger partial charge is 0.237 e. The minimum absolute atomic E-state index is 0.0381. The Morgan fingerprint density at radius 3 is 2.94 bits per heavy atom. The predicted molar refractivity (Wildman–Crippen MR) is 68.6 cm³/mol. The lowest BCUT2D eigenvalue weighted by Gasteiger charge is -2.37. The molecular weight excluding hydrogens is 216 g/mol. The van der Waals surface area contributed by atoms with Crippen molar-refractivity contribution >= 4 is 5.91 Å². The maximum Gasteiger partial charge on any atom is 0.237 e. The molecule has 0 aromatic carbocycles. The lowest BCUT2D eigenvalue weighted by molar-refractivity contribution is -0.126. The number of hydrogen-bond donors (Lipinski definition) is 2. The molecule has 0 aromatic rings.